The van der Waals surface area contributed by atoms with Gasteiger partial charge in [0.2, 0.25) is 0 Å². The van der Waals surface area contributed by atoms with Gasteiger partial charge in [-0.1, -0.05) is 18.2 Å². The van der Waals surface area contributed by atoms with Crippen LogP contribution in [0, 0.1) is 25.2 Å². The van der Waals surface area contributed by atoms with Crippen LogP contribution in [0.1, 0.15) is 27.9 Å². The maximum Gasteiger partial charge on any atom is 0.147 e. The average Bonchev–Trinajstić information content (AvgIpc) is 2.47. The Hall–Kier alpha value is -2.38. The van der Waals surface area contributed by atoms with Gasteiger partial charge in [-0.05, 0) is 43.7 Å². The van der Waals surface area contributed by atoms with Gasteiger partial charge in [0.1, 0.15) is 24.1 Å². The molecule has 0 unspecified atom stereocenters. The Kier molecular flexibility index (Phi) is 4.91. The van der Waals surface area contributed by atoms with Crippen molar-refractivity contribution in [3.63, 3.8) is 0 Å². The Morgan fingerprint density at radius 2 is 2.00 bits per heavy atom. The van der Waals surface area contributed by atoms with Crippen molar-refractivity contribution in [2.45, 2.75) is 27.0 Å². The number of hydrogen-bond acceptors (Lipinski definition) is 4. The fraction of sp³-hybridized carbons (Fsp3) is 0.294. The van der Waals surface area contributed by atoms with E-state index in [2.05, 4.69) is 28.5 Å². The normalized spacial score (nSPS) is 10.2. The van der Waals surface area contributed by atoms with Gasteiger partial charge >= 0.3 is 0 Å². The highest BCUT2D eigenvalue weighted by molar-refractivity contribution is 5.43. The molecule has 0 radical (unpaired) electrons. The van der Waals surface area contributed by atoms with Gasteiger partial charge in [0.05, 0.1) is 0 Å². The van der Waals surface area contributed by atoms with Gasteiger partial charge < -0.3 is 10.1 Å². The first kappa shape index (κ1) is 15.0. The fourth-order valence-corrected chi connectivity index (χ4v) is 2.38. The first-order chi connectivity index (χ1) is 10.2. The molecule has 108 valence electrons. The fourth-order valence-electron chi connectivity index (χ4n) is 2.38. The Bertz CT molecular complexity index is 651. The van der Waals surface area contributed by atoms with Gasteiger partial charge in [-0.15, -0.1) is 0 Å². The van der Waals surface area contributed by atoms with E-state index in [9.17, 15) is 0 Å². The van der Waals surface area contributed by atoms with Gasteiger partial charge in [-0.3, -0.25) is 0 Å². The second kappa shape index (κ2) is 6.87. The Morgan fingerprint density at radius 1 is 1.29 bits per heavy atom. The summed E-state index contributed by atoms with van der Waals surface area (Å²) in [5.41, 5.74) is 4.65. The van der Waals surface area contributed by atoms with E-state index in [1.54, 1.807) is 6.20 Å². The molecule has 0 saturated heterocycles. The molecule has 2 rings (SSSR count). The van der Waals surface area contributed by atoms with Crippen LogP contribution in [0.3, 0.4) is 0 Å². The number of nitrogens with zero attached hydrogens (tertiary/aromatic N) is 2. The van der Waals surface area contributed by atoms with Crippen LogP contribution in [-0.4, -0.2) is 12.0 Å². The predicted molar refractivity (Wildman–Crippen MR) is 82.0 cm³/mol. The molecule has 0 bridgehead atoms. The standard InChI is InChI=1S/C17H19N3O/c1-12-7-14(10-19-3)8-13(2)17(12)21-11-15-5-4-6-20-16(15)9-18/h4-8,19H,10-11H2,1-3H3. The Balaban J connectivity index is 2.19. The largest absolute Gasteiger partial charge is 0.488 e. The van der Waals surface area contributed by atoms with E-state index >= 15 is 0 Å². The topological polar surface area (TPSA) is 57.9 Å². The predicted octanol–water partition coefficient (Wildman–Crippen LogP) is 2.87. The number of ether oxygens (including phenoxy) is 1. The number of aryl methyl sites for hydroxylation is 2. The lowest BCUT2D eigenvalue weighted by atomic mass is 10.1. The molecule has 1 aromatic carbocycles. The van der Waals surface area contributed by atoms with Crippen LogP contribution >= 0.6 is 0 Å². The van der Waals surface area contributed by atoms with E-state index in [4.69, 9.17) is 10.00 Å². The van der Waals surface area contributed by atoms with Gasteiger partial charge in [0, 0.05) is 18.3 Å². The number of aromatic nitrogens is 1. The van der Waals surface area contributed by atoms with E-state index in [0.29, 0.717) is 12.3 Å². The highest BCUT2D eigenvalue weighted by Gasteiger charge is 2.09. The molecule has 0 aliphatic heterocycles. The monoisotopic (exact) mass is 281 g/mol. The Labute approximate surface area is 125 Å². The SMILES string of the molecule is CNCc1cc(C)c(OCc2cccnc2C#N)c(C)c1. The van der Waals surface area contributed by atoms with E-state index in [-0.39, 0.29) is 0 Å². The summed E-state index contributed by atoms with van der Waals surface area (Å²) in [7, 11) is 1.93. The van der Waals surface area contributed by atoms with Crippen LogP contribution in [0.5, 0.6) is 5.75 Å². The van der Waals surface area contributed by atoms with Crippen LogP contribution in [0.2, 0.25) is 0 Å². The third-order valence-electron chi connectivity index (χ3n) is 3.27. The van der Waals surface area contributed by atoms with Crippen LogP contribution in [-0.2, 0) is 13.2 Å². The molecular weight excluding hydrogens is 262 g/mol. The van der Waals surface area contributed by atoms with Crippen molar-refractivity contribution < 1.29 is 4.74 Å². The van der Waals surface area contributed by atoms with Crippen molar-refractivity contribution in [3.8, 4) is 11.8 Å². The molecular formula is C17H19N3O. The minimum atomic E-state index is 0.351. The molecule has 0 spiro atoms. The molecule has 4 nitrogen and oxygen atoms in total. The minimum Gasteiger partial charge on any atom is -0.488 e. The molecule has 2 aromatic rings. The molecule has 1 N–H and O–H groups in total. The summed E-state index contributed by atoms with van der Waals surface area (Å²) in [6.45, 7) is 5.26. The molecule has 0 saturated carbocycles. The maximum absolute atomic E-state index is 9.05. The molecule has 1 heterocycles. The van der Waals surface area contributed by atoms with Crippen LogP contribution in [0.25, 0.3) is 0 Å². The number of pyridine rings is 1. The highest BCUT2D eigenvalue weighted by Crippen LogP contribution is 2.26. The van der Waals surface area contributed by atoms with Gasteiger partial charge in [0.15, 0.2) is 0 Å². The average molecular weight is 281 g/mol. The van der Waals surface area contributed by atoms with Crippen LogP contribution in [0.15, 0.2) is 30.5 Å². The second-order valence-corrected chi connectivity index (χ2v) is 5.00. The summed E-state index contributed by atoms with van der Waals surface area (Å²) in [6, 6.07) is 10.0. The molecule has 0 amide bonds. The smallest absolute Gasteiger partial charge is 0.147 e. The lowest BCUT2D eigenvalue weighted by Gasteiger charge is -2.14. The van der Waals surface area contributed by atoms with Gasteiger partial charge in [-0.25, -0.2) is 4.98 Å². The second-order valence-electron chi connectivity index (χ2n) is 5.00. The first-order valence-corrected chi connectivity index (χ1v) is 6.87. The van der Waals surface area contributed by atoms with Crippen molar-refractivity contribution in [1.82, 2.24) is 10.3 Å². The quantitative estimate of drug-likeness (QED) is 0.915. The third-order valence-corrected chi connectivity index (χ3v) is 3.27. The zero-order valence-corrected chi connectivity index (χ0v) is 12.6. The molecule has 1 aromatic heterocycles. The van der Waals surface area contributed by atoms with Crippen molar-refractivity contribution in [3.05, 3.63) is 58.4 Å². The number of benzene rings is 1. The zero-order valence-electron chi connectivity index (χ0n) is 12.6. The van der Waals surface area contributed by atoms with Crippen molar-refractivity contribution in [1.29, 1.82) is 5.26 Å². The molecule has 0 aliphatic rings. The minimum absolute atomic E-state index is 0.351. The van der Waals surface area contributed by atoms with Gasteiger partial charge in [0.25, 0.3) is 0 Å². The maximum atomic E-state index is 9.05. The number of hydrogen-bond donors (Lipinski definition) is 1. The van der Waals surface area contributed by atoms with E-state index in [0.717, 1.165) is 29.0 Å². The lowest BCUT2D eigenvalue weighted by molar-refractivity contribution is 0.301. The van der Waals surface area contributed by atoms with Crippen molar-refractivity contribution in [2.24, 2.45) is 0 Å². The molecule has 21 heavy (non-hydrogen) atoms. The number of nitriles is 1. The molecule has 0 fully saturated rings. The summed E-state index contributed by atoms with van der Waals surface area (Å²) < 4.78 is 5.92. The molecule has 0 atom stereocenters. The summed E-state index contributed by atoms with van der Waals surface area (Å²) in [5.74, 6) is 0.877. The van der Waals surface area contributed by atoms with Crippen molar-refractivity contribution in [2.75, 3.05) is 7.05 Å². The highest BCUT2D eigenvalue weighted by atomic mass is 16.5. The van der Waals surface area contributed by atoms with Crippen molar-refractivity contribution >= 4 is 0 Å². The molecule has 4 heteroatoms. The zero-order chi connectivity index (χ0) is 15.2. The van der Waals surface area contributed by atoms with Crippen LogP contribution < -0.4 is 10.1 Å². The lowest BCUT2D eigenvalue weighted by Crippen LogP contribution is -2.07. The van der Waals surface area contributed by atoms with Gasteiger partial charge in [-0.2, -0.15) is 5.26 Å². The summed E-state index contributed by atoms with van der Waals surface area (Å²) in [5, 5.41) is 12.2. The summed E-state index contributed by atoms with van der Waals surface area (Å²) in [4.78, 5) is 4.04. The third kappa shape index (κ3) is 3.59. The summed E-state index contributed by atoms with van der Waals surface area (Å²) >= 11 is 0. The first-order valence-electron chi connectivity index (χ1n) is 6.87. The Morgan fingerprint density at radius 3 is 2.62 bits per heavy atom. The van der Waals surface area contributed by atoms with E-state index < -0.39 is 0 Å². The number of rotatable bonds is 5. The van der Waals surface area contributed by atoms with E-state index in [1.165, 1.54) is 5.56 Å². The van der Waals surface area contributed by atoms with E-state index in [1.807, 2.05) is 33.0 Å². The number of nitrogens with one attached hydrogen (secondary N) is 1. The summed E-state index contributed by atoms with van der Waals surface area (Å²) in [6.07, 6.45) is 1.62. The van der Waals surface area contributed by atoms with Crippen LogP contribution in [0.4, 0.5) is 0 Å². The molecule has 0 aliphatic carbocycles.